The molecular weight excluding hydrogens is 272 g/mol. The molecule has 1 aromatic carbocycles. The second-order valence-corrected chi connectivity index (χ2v) is 4.34. The summed E-state index contributed by atoms with van der Waals surface area (Å²) in [5.41, 5.74) is 0.656. The largest absolute Gasteiger partial charge is 0.416 e. The number of nitrogens with one attached hydrogen (secondary N) is 1. The lowest BCUT2D eigenvalue weighted by molar-refractivity contribution is -0.137. The average Bonchev–Trinajstić information content (AvgIpc) is 2.36. The lowest BCUT2D eigenvalue weighted by atomic mass is 10.1. The van der Waals surface area contributed by atoms with E-state index in [0.29, 0.717) is 11.8 Å². The molecule has 2 rings (SSSR count). The molecule has 1 heterocycles. The van der Waals surface area contributed by atoms with Crippen LogP contribution in [0.3, 0.4) is 0 Å². The molecule has 106 valence electrons. The van der Waals surface area contributed by atoms with E-state index in [1.54, 1.807) is 25.3 Å². The van der Waals surface area contributed by atoms with Gasteiger partial charge >= 0.3 is 6.18 Å². The van der Waals surface area contributed by atoms with Gasteiger partial charge in [0.1, 0.15) is 5.82 Å². The van der Waals surface area contributed by atoms with Crippen molar-refractivity contribution in [2.75, 3.05) is 5.32 Å². The van der Waals surface area contributed by atoms with Crippen molar-refractivity contribution in [3.8, 4) is 0 Å². The van der Waals surface area contributed by atoms with E-state index in [9.17, 15) is 17.6 Å². The van der Waals surface area contributed by atoms with Gasteiger partial charge in [-0.05, 0) is 42.8 Å². The number of hydrogen-bond donors (Lipinski definition) is 1. The van der Waals surface area contributed by atoms with E-state index < -0.39 is 17.6 Å². The zero-order chi connectivity index (χ0) is 14.8. The third-order valence-electron chi connectivity index (χ3n) is 2.77. The quantitative estimate of drug-likeness (QED) is 0.856. The molecule has 0 radical (unpaired) electrons. The maximum absolute atomic E-state index is 13.2. The highest BCUT2D eigenvalue weighted by atomic mass is 19.4. The zero-order valence-electron chi connectivity index (χ0n) is 10.6. The predicted octanol–water partition coefficient (Wildman–Crippen LogP) is 4.16. The number of halogens is 4. The number of rotatable bonds is 3. The number of alkyl halides is 3. The van der Waals surface area contributed by atoms with Gasteiger partial charge < -0.3 is 5.32 Å². The molecule has 6 heteroatoms. The molecule has 0 spiro atoms. The summed E-state index contributed by atoms with van der Waals surface area (Å²) in [5, 5.41) is 2.94. The van der Waals surface area contributed by atoms with Crippen molar-refractivity contribution in [3.05, 3.63) is 59.2 Å². The Balaban J connectivity index is 2.18. The van der Waals surface area contributed by atoms with Crippen LogP contribution in [-0.2, 0) is 12.7 Å². The molecule has 0 fully saturated rings. The van der Waals surface area contributed by atoms with Crippen molar-refractivity contribution in [1.29, 1.82) is 0 Å². The highest BCUT2D eigenvalue weighted by Gasteiger charge is 2.31. The summed E-state index contributed by atoms with van der Waals surface area (Å²) in [6.07, 6.45) is -2.94. The van der Waals surface area contributed by atoms with Gasteiger partial charge in [0, 0.05) is 12.7 Å². The molecule has 1 aromatic heterocycles. The Morgan fingerprint density at radius 3 is 2.60 bits per heavy atom. The molecule has 0 aliphatic rings. The fourth-order valence-corrected chi connectivity index (χ4v) is 1.78. The molecule has 0 unspecified atom stereocenters. The second-order valence-electron chi connectivity index (χ2n) is 4.34. The van der Waals surface area contributed by atoms with Gasteiger partial charge in [-0.3, -0.25) is 4.98 Å². The minimum absolute atomic E-state index is 0.0906. The molecule has 2 aromatic rings. The highest BCUT2D eigenvalue weighted by Crippen LogP contribution is 2.30. The van der Waals surface area contributed by atoms with Crippen LogP contribution in [0.5, 0.6) is 0 Å². The normalized spacial score (nSPS) is 11.4. The minimum Gasteiger partial charge on any atom is -0.380 e. The van der Waals surface area contributed by atoms with Crippen molar-refractivity contribution >= 4 is 5.69 Å². The summed E-state index contributed by atoms with van der Waals surface area (Å²) >= 11 is 0. The van der Waals surface area contributed by atoms with Crippen LogP contribution in [0, 0.1) is 12.7 Å². The van der Waals surface area contributed by atoms with Crippen molar-refractivity contribution in [3.63, 3.8) is 0 Å². The first-order valence-corrected chi connectivity index (χ1v) is 5.88. The van der Waals surface area contributed by atoms with E-state index in [2.05, 4.69) is 10.3 Å². The van der Waals surface area contributed by atoms with Crippen LogP contribution in [0.1, 0.15) is 16.8 Å². The van der Waals surface area contributed by atoms with Crippen LogP contribution in [-0.4, -0.2) is 4.98 Å². The fourth-order valence-electron chi connectivity index (χ4n) is 1.78. The highest BCUT2D eigenvalue weighted by molar-refractivity contribution is 5.47. The van der Waals surface area contributed by atoms with Crippen molar-refractivity contribution in [1.82, 2.24) is 4.98 Å². The number of anilines is 1. The van der Waals surface area contributed by atoms with Crippen LogP contribution in [0.2, 0.25) is 0 Å². The Hall–Kier alpha value is -2.11. The number of benzene rings is 1. The summed E-state index contributed by atoms with van der Waals surface area (Å²) in [6.45, 7) is 1.86. The van der Waals surface area contributed by atoms with Gasteiger partial charge in [0.25, 0.3) is 0 Å². The van der Waals surface area contributed by atoms with E-state index in [0.717, 1.165) is 17.8 Å². The van der Waals surface area contributed by atoms with E-state index in [4.69, 9.17) is 0 Å². The summed E-state index contributed by atoms with van der Waals surface area (Å²) in [6, 6.07) is 5.96. The number of aryl methyl sites for hydroxylation is 1. The lowest BCUT2D eigenvalue weighted by Crippen LogP contribution is -2.08. The van der Waals surface area contributed by atoms with E-state index in [1.165, 1.54) is 0 Å². The molecule has 20 heavy (non-hydrogen) atoms. The summed E-state index contributed by atoms with van der Waals surface area (Å²) in [5.74, 6) is -0.903. The van der Waals surface area contributed by atoms with Gasteiger partial charge in [0.15, 0.2) is 0 Å². The Labute approximate surface area is 113 Å². The second kappa shape index (κ2) is 5.48. The van der Waals surface area contributed by atoms with E-state index in [-0.39, 0.29) is 12.1 Å². The van der Waals surface area contributed by atoms with Crippen molar-refractivity contribution in [2.45, 2.75) is 19.6 Å². The third kappa shape index (κ3) is 3.46. The first-order chi connectivity index (χ1) is 9.36. The van der Waals surface area contributed by atoms with Crippen LogP contribution in [0.4, 0.5) is 23.2 Å². The van der Waals surface area contributed by atoms with Crippen molar-refractivity contribution < 1.29 is 17.6 Å². The van der Waals surface area contributed by atoms with E-state index >= 15 is 0 Å². The number of pyridine rings is 1. The molecule has 0 aliphatic carbocycles. The van der Waals surface area contributed by atoms with Crippen molar-refractivity contribution in [2.24, 2.45) is 0 Å². The van der Waals surface area contributed by atoms with Crippen LogP contribution >= 0.6 is 0 Å². The molecule has 0 bridgehead atoms. The van der Waals surface area contributed by atoms with Gasteiger partial charge in [-0.25, -0.2) is 4.39 Å². The molecule has 0 saturated carbocycles. The van der Waals surface area contributed by atoms with Gasteiger partial charge in [0.2, 0.25) is 0 Å². The summed E-state index contributed by atoms with van der Waals surface area (Å²) in [4.78, 5) is 4.05. The first kappa shape index (κ1) is 14.3. The van der Waals surface area contributed by atoms with Gasteiger partial charge in [-0.15, -0.1) is 0 Å². The maximum Gasteiger partial charge on any atom is 0.416 e. The number of nitrogens with zero attached hydrogens (tertiary/aromatic N) is 1. The Morgan fingerprint density at radius 1 is 1.20 bits per heavy atom. The monoisotopic (exact) mass is 284 g/mol. The maximum atomic E-state index is 13.2. The van der Waals surface area contributed by atoms with Crippen LogP contribution in [0.25, 0.3) is 0 Å². The Kier molecular flexibility index (Phi) is 3.92. The van der Waals surface area contributed by atoms with E-state index in [1.807, 2.05) is 0 Å². The standard InChI is InChI=1S/C14H12F4N2/c1-9-13(3-2-4-19-9)20-8-10-5-11(14(16,17)18)7-12(15)6-10/h2-7,20H,8H2,1H3. The number of hydrogen-bond acceptors (Lipinski definition) is 2. The SMILES string of the molecule is Cc1ncccc1NCc1cc(F)cc(C(F)(F)F)c1. The molecule has 0 atom stereocenters. The molecule has 0 aliphatic heterocycles. The minimum atomic E-state index is -4.55. The number of aromatic nitrogens is 1. The Bertz CT molecular complexity index is 608. The summed E-state index contributed by atoms with van der Waals surface area (Å²) in [7, 11) is 0. The zero-order valence-corrected chi connectivity index (χ0v) is 10.6. The predicted molar refractivity (Wildman–Crippen MR) is 67.7 cm³/mol. The molecule has 2 nitrogen and oxygen atoms in total. The topological polar surface area (TPSA) is 24.9 Å². The van der Waals surface area contributed by atoms with Gasteiger partial charge in [-0.2, -0.15) is 13.2 Å². The third-order valence-corrected chi connectivity index (χ3v) is 2.77. The molecule has 1 N–H and O–H groups in total. The van der Waals surface area contributed by atoms with Gasteiger partial charge in [-0.1, -0.05) is 0 Å². The molecule has 0 amide bonds. The smallest absolute Gasteiger partial charge is 0.380 e. The Morgan fingerprint density at radius 2 is 1.95 bits per heavy atom. The average molecular weight is 284 g/mol. The molecular formula is C14H12F4N2. The van der Waals surface area contributed by atoms with Crippen LogP contribution < -0.4 is 5.32 Å². The summed E-state index contributed by atoms with van der Waals surface area (Å²) < 4.78 is 51.0. The first-order valence-electron chi connectivity index (χ1n) is 5.88. The van der Waals surface area contributed by atoms with Gasteiger partial charge in [0.05, 0.1) is 16.9 Å². The lowest BCUT2D eigenvalue weighted by Gasteiger charge is -2.11. The molecule has 0 saturated heterocycles. The van der Waals surface area contributed by atoms with Crippen LogP contribution in [0.15, 0.2) is 36.5 Å². The fraction of sp³-hybridized carbons (Fsp3) is 0.214.